The highest BCUT2D eigenvalue weighted by Crippen LogP contribution is 2.21. The molecule has 0 aromatic heterocycles. The van der Waals surface area contributed by atoms with Gasteiger partial charge in [0.2, 0.25) is 0 Å². The summed E-state index contributed by atoms with van der Waals surface area (Å²) < 4.78 is 18.9. The minimum atomic E-state index is -0.289. The number of nitrogens with one attached hydrogen (secondary N) is 1. The fourth-order valence-corrected chi connectivity index (χ4v) is 3.08. The molecule has 0 radical (unpaired) electrons. The summed E-state index contributed by atoms with van der Waals surface area (Å²) in [6.45, 7) is 0.733. The lowest BCUT2D eigenvalue weighted by Crippen LogP contribution is -2.34. The Bertz CT molecular complexity index is 927. The first kappa shape index (κ1) is 20.6. The topological polar surface area (TPSA) is 41.6 Å². The van der Waals surface area contributed by atoms with Crippen LogP contribution < -0.4 is 10.1 Å². The van der Waals surface area contributed by atoms with E-state index in [2.05, 4.69) is 22.3 Å². The van der Waals surface area contributed by atoms with E-state index in [1.54, 1.807) is 30.3 Å². The van der Waals surface area contributed by atoms with E-state index in [1.807, 2.05) is 38.4 Å². The first-order valence-corrected chi connectivity index (χ1v) is 9.50. The molecule has 1 unspecified atom stereocenters. The number of hydrogen-bond donors (Lipinski definition) is 1. The monoisotopic (exact) mass is 392 g/mol. The van der Waals surface area contributed by atoms with Crippen molar-refractivity contribution in [2.75, 3.05) is 20.6 Å². The number of halogens is 1. The van der Waals surface area contributed by atoms with Crippen molar-refractivity contribution in [3.05, 3.63) is 101 Å². The van der Waals surface area contributed by atoms with Crippen LogP contribution in [-0.4, -0.2) is 31.4 Å². The van der Waals surface area contributed by atoms with Gasteiger partial charge in [-0.1, -0.05) is 54.6 Å². The first-order chi connectivity index (χ1) is 14.0. The van der Waals surface area contributed by atoms with E-state index in [0.29, 0.717) is 17.9 Å². The van der Waals surface area contributed by atoms with Crippen LogP contribution in [0.5, 0.6) is 5.75 Å². The SMILES string of the molecule is CN(C)C(CNC(=O)c1ccccc1OCc1ccc(F)cc1)c1ccccc1. The van der Waals surface area contributed by atoms with Crippen molar-refractivity contribution in [3.63, 3.8) is 0 Å². The number of likely N-dealkylation sites (N-methyl/N-ethyl adjacent to an activating group) is 1. The normalized spacial score (nSPS) is 11.9. The molecule has 0 spiro atoms. The maximum absolute atomic E-state index is 13.1. The van der Waals surface area contributed by atoms with E-state index in [1.165, 1.54) is 12.1 Å². The number of nitrogens with zero attached hydrogens (tertiary/aromatic N) is 1. The lowest BCUT2D eigenvalue weighted by atomic mass is 10.1. The van der Waals surface area contributed by atoms with E-state index in [9.17, 15) is 9.18 Å². The number of carbonyl (C=O) groups is 1. The highest BCUT2D eigenvalue weighted by Gasteiger charge is 2.17. The molecule has 150 valence electrons. The largest absolute Gasteiger partial charge is 0.488 e. The second kappa shape index (κ2) is 9.85. The Labute approximate surface area is 170 Å². The average Bonchev–Trinajstić information content (AvgIpc) is 2.74. The van der Waals surface area contributed by atoms with Crippen LogP contribution in [0, 0.1) is 5.82 Å². The van der Waals surface area contributed by atoms with Gasteiger partial charge in [-0.2, -0.15) is 0 Å². The second-order valence-electron chi connectivity index (χ2n) is 7.01. The summed E-state index contributed by atoms with van der Waals surface area (Å²) in [7, 11) is 3.98. The summed E-state index contributed by atoms with van der Waals surface area (Å²) in [5.74, 6) is 0.0142. The van der Waals surface area contributed by atoms with Gasteiger partial charge >= 0.3 is 0 Å². The van der Waals surface area contributed by atoms with Crippen molar-refractivity contribution < 1.29 is 13.9 Å². The van der Waals surface area contributed by atoms with Gasteiger partial charge in [-0.3, -0.25) is 4.79 Å². The van der Waals surface area contributed by atoms with Crippen LogP contribution in [0.4, 0.5) is 4.39 Å². The Morgan fingerprint density at radius 1 is 0.966 bits per heavy atom. The van der Waals surface area contributed by atoms with Crippen LogP contribution in [-0.2, 0) is 6.61 Å². The maximum atomic E-state index is 13.1. The predicted molar refractivity (Wildman–Crippen MR) is 112 cm³/mol. The molecule has 3 aromatic rings. The van der Waals surface area contributed by atoms with E-state index in [-0.39, 0.29) is 24.4 Å². The lowest BCUT2D eigenvalue weighted by Gasteiger charge is -2.25. The molecule has 1 N–H and O–H groups in total. The maximum Gasteiger partial charge on any atom is 0.255 e. The number of carbonyl (C=O) groups excluding carboxylic acids is 1. The minimum Gasteiger partial charge on any atom is -0.488 e. The van der Waals surface area contributed by atoms with Gasteiger partial charge < -0.3 is 15.0 Å². The molecule has 0 aliphatic carbocycles. The molecule has 0 aliphatic rings. The van der Waals surface area contributed by atoms with Gasteiger partial charge in [0.25, 0.3) is 5.91 Å². The molecular weight excluding hydrogens is 367 g/mol. The van der Waals surface area contributed by atoms with Crippen LogP contribution >= 0.6 is 0 Å². The molecule has 0 bridgehead atoms. The molecule has 1 atom stereocenters. The Morgan fingerprint density at radius 2 is 1.62 bits per heavy atom. The zero-order valence-electron chi connectivity index (χ0n) is 16.6. The molecule has 5 heteroatoms. The lowest BCUT2D eigenvalue weighted by molar-refractivity contribution is 0.0937. The Kier molecular flexibility index (Phi) is 6.98. The predicted octanol–water partition coefficient (Wildman–Crippen LogP) is 4.44. The van der Waals surface area contributed by atoms with Crippen molar-refractivity contribution in [1.29, 1.82) is 0 Å². The minimum absolute atomic E-state index is 0.0624. The van der Waals surface area contributed by atoms with E-state index >= 15 is 0 Å². The van der Waals surface area contributed by atoms with Crippen molar-refractivity contribution >= 4 is 5.91 Å². The summed E-state index contributed by atoms with van der Waals surface area (Å²) in [5, 5.41) is 3.01. The number of rotatable bonds is 8. The fourth-order valence-electron chi connectivity index (χ4n) is 3.08. The van der Waals surface area contributed by atoms with Gasteiger partial charge in [0.05, 0.1) is 11.6 Å². The van der Waals surface area contributed by atoms with Gasteiger partial charge in [0, 0.05) is 6.54 Å². The Balaban J connectivity index is 1.66. The number of ether oxygens (including phenoxy) is 1. The van der Waals surface area contributed by atoms with Gasteiger partial charge in [0.1, 0.15) is 18.2 Å². The molecular formula is C24H25FN2O2. The van der Waals surface area contributed by atoms with Crippen LogP contribution in [0.2, 0.25) is 0 Å². The highest BCUT2D eigenvalue weighted by atomic mass is 19.1. The summed E-state index contributed by atoms with van der Waals surface area (Å²) in [5.41, 5.74) is 2.44. The molecule has 0 fully saturated rings. The molecule has 3 rings (SSSR count). The van der Waals surface area contributed by atoms with Crippen molar-refractivity contribution in [3.8, 4) is 5.75 Å². The van der Waals surface area contributed by atoms with Gasteiger partial charge in [-0.05, 0) is 49.5 Å². The van der Waals surface area contributed by atoms with Gasteiger partial charge in [-0.15, -0.1) is 0 Å². The molecule has 3 aromatic carbocycles. The summed E-state index contributed by atoms with van der Waals surface area (Å²) in [6, 6.07) is 23.4. The molecule has 4 nitrogen and oxygen atoms in total. The first-order valence-electron chi connectivity index (χ1n) is 9.50. The number of benzene rings is 3. The molecule has 1 amide bonds. The quantitative estimate of drug-likeness (QED) is 0.616. The third-order valence-corrected chi connectivity index (χ3v) is 4.70. The zero-order chi connectivity index (χ0) is 20.6. The Morgan fingerprint density at radius 3 is 2.31 bits per heavy atom. The van der Waals surface area contributed by atoms with Crippen LogP contribution in [0.3, 0.4) is 0 Å². The van der Waals surface area contributed by atoms with Gasteiger partial charge in [0.15, 0.2) is 0 Å². The number of amides is 1. The van der Waals surface area contributed by atoms with Crippen LogP contribution in [0.1, 0.15) is 27.5 Å². The van der Waals surface area contributed by atoms with Crippen molar-refractivity contribution in [2.24, 2.45) is 0 Å². The third-order valence-electron chi connectivity index (χ3n) is 4.70. The number of hydrogen-bond acceptors (Lipinski definition) is 3. The third kappa shape index (κ3) is 5.65. The average molecular weight is 392 g/mol. The van der Waals surface area contributed by atoms with Gasteiger partial charge in [-0.25, -0.2) is 4.39 Å². The van der Waals surface area contributed by atoms with Crippen molar-refractivity contribution in [2.45, 2.75) is 12.6 Å². The van der Waals surface area contributed by atoms with Crippen LogP contribution in [0.15, 0.2) is 78.9 Å². The molecule has 0 heterocycles. The van der Waals surface area contributed by atoms with Crippen LogP contribution in [0.25, 0.3) is 0 Å². The molecule has 0 saturated carbocycles. The fraction of sp³-hybridized carbons (Fsp3) is 0.208. The summed E-state index contributed by atoms with van der Waals surface area (Å²) in [4.78, 5) is 14.9. The number of para-hydroxylation sites is 1. The summed E-state index contributed by atoms with van der Waals surface area (Å²) >= 11 is 0. The molecule has 0 saturated heterocycles. The van der Waals surface area contributed by atoms with E-state index in [0.717, 1.165) is 11.1 Å². The van der Waals surface area contributed by atoms with Crippen molar-refractivity contribution in [1.82, 2.24) is 10.2 Å². The molecule has 29 heavy (non-hydrogen) atoms. The van der Waals surface area contributed by atoms with E-state index < -0.39 is 0 Å². The Hall–Kier alpha value is -3.18. The highest BCUT2D eigenvalue weighted by molar-refractivity contribution is 5.96. The summed E-state index contributed by atoms with van der Waals surface area (Å²) in [6.07, 6.45) is 0. The van der Waals surface area contributed by atoms with E-state index in [4.69, 9.17) is 4.74 Å². The zero-order valence-corrected chi connectivity index (χ0v) is 16.6. The standard InChI is InChI=1S/C24H25FN2O2/c1-27(2)22(19-8-4-3-5-9-19)16-26-24(28)21-10-6-7-11-23(21)29-17-18-12-14-20(25)15-13-18/h3-15,22H,16-17H2,1-2H3,(H,26,28). The smallest absolute Gasteiger partial charge is 0.255 e. The molecule has 0 aliphatic heterocycles. The second-order valence-corrected chi connectivity index (χ2v) is 7.01.